The predicted octanol–water partition coefficient (Wildman–Crippen LogP) is 5.06. The Kier molecular flexibility index (Phi) is 8.98. The molecule has 2 aromatic carbocycles. The smallest absolute Gasteiger partial charge is 0.330 e. The first-order valence-corrected chi connectivity index (χ1v) is 12.9. The zero-order chi connectivity index (χ0) is 27.9. The minimum atomic E-state index is -0.513. The van der Waals surface area contributed by atoms with E-state index in [9.17, 15) is 14.0 Å². The van der Waals surface area contributed by atoms with Crippen LogP contribution in [0.15, 0.2) is 54.7 Å². The van der Waals surface area contributed by atoms with E-state index in [1.807, 2.05) is 24.3 Å². The van der Waals surface area contributed by atoms with Gasteiger partial charge in [0.1, 0.15) is 11.6 Å². The summed E-state index contributed by atoms with van der Waals surface area (Å²) in [5.41, 5.74) is 3.01. The van der Waals surface area contributed by atoms with Crippen LogP contribution < -0.4 is 10.2 Å². The number of hydrogen-bond donors (Lipinski definition) is 1. The van der Waals surface area contributed by atoms with Crippen LogP contribution in [-0.4, -0.2) is 78.6 Å². The van der Waals surface area contributed by atoms with Gasteiger partial charge >= 0.3 is 12.0 Å². The number of carbonyl (C=O) groups is 2. The van der Waals surface area contributed by atoms with Gasteiger partial charge in [-0.1, -0.05) is 29.8 Å². The molecule has 1 aliphatic heterocycles. The van der Waals surface area contributed by atoms with E-state index in [0.29, 0.717) is 50.2 Å². The molecule has 0 atom stereocenters. The van der Waals surface area contributed by atoms with Gasteiger partial charge in [0.15, 0.2) is 0 Å². The van der Waals surface area contributed by atoms with Crippen LogP contribution in [-0.2, 0) is 9.53 Å². The summed E-state index contributed by atoms with van der Waals surface area (Å²) in [6, 6.07) is 11.9. The fraction of sp³-hybridized carbons (Fsp3) is 0.286. The molecule has 0 saturated carbocycles. The molecule has 0 aliphatic carbocycles. The summed E-state index contributed by atoms with van der Waals surface area (Å²) < 4.78 is 18.6. The van der Waals surface area contributed by atoms with Crippen molar-refractivity contribution in [3.8, 4) is 11.1 Å². The molecular weight excluding hydrogens is 523 g/mol. The first kappa shape index (κ1) is 27.8. The number of anilines is 3. The number of urea groups is 1. The Hall–Kier alpha value is -4.18. The minimum Gasteiger partial charge on any atom is -0.463 e. The van der Waals surface area contributed by atoms with Crippen LogP contribution in [0.1, 0.15) is 12.5 Å². The lowest BCUT2D eigenvalue weighted by molar-refractivity contribution is -0.137. The van der Waals surface area contributed by atoms with E-state index in [1.54, 1.807) is 49.2 Å². The van der Waals surface area contributed by atoms with Crippen LogP contribution >= 0.6 is 11.6 Å². The van der Waals surface area contributed by atoms with Gasteiger partial charge in [0, 0.05) is 63.8 Å². The van der Waals surface area contributed by atoms with E-state index in [0.717, 1.165) is 16.7 Å². The molecule has 9 nitrogen and oxygen atoms in total. The number of ether oxygens (including phenoxy) is 1. The highest BCUT2D eigenvalue weighted by Gasteiger charge is 2.25. The Morgan fingerprint density at radius 1 is 1.15 bits per heavy atom. The molecule has 4 rings (SSSR count). The number of esters is 1. The second kappa shape index (κ2) is 12.6. The van der Waals surface area contributed by atoms with Crippen molar-refractivity contribution in [1.82, 2.24) is 19.8 Å². The molecule has 1 N–H and O–H groups in total. The summed E-state index contributed by atoms with van der Waals surface area (Å²) in [5, 5.41) is 3.09. The highest BCUT2D eigenvalue weighted by molar-refractivity contribution is 6.31. The fourth-order valence-electron chi connectivity index (χ4n) is 4.14. The van der Waals surface area contributed by atoms with Gasteiger partial charge in [-0.15, -0.1) is 0 Å². The summed E-state index contributed by atoms with van der Waals surface area (Å²) >= 11 is 5.94. The summed E-state index contributed by atoms with van der Waals surface area (Å²) in [4.78, 5) is 39.0. The monoisotopic (exact) mass is 552 g/mol. The van der Waals surface area contributed by atoms with Gasteiger partial charge in [0.2, 0.25) is 5.95 Å². The Morgan fingerprint density at radius 2 is 1.92 bits per heavy atom. The molecule has 0 bridgehead atoms. The Bertz CT molecular complexity index is 1380. The van der Waals surface area contributed by atoms with Crippen LogP contribution in [0, 0.1) is 5.82 Å². The lowest BCUT2D eigenvalue weighted by Gasteiger charge is -2.37. The fourth-order valence-corrected chi connectivity index (χ4v) is 4.32. The van der Waals surface area contributed by atoms with Gasteiger partial charge in [0.05, 0.1) is 11.6 Å². The number of nitrogens with one attached hydrogen (secondary N) is 1. The quantitative estimate of drug-likeness (QED) is 0.323. The van der Waals surface area contributed by atoms with Gasteiger partial charge in [-0.25, -0.2) is 19.0 Å². The van der Waals surface area contributed by atoms with Crippen molar-refractivity contribution in [2.75, 3.05) is 57.1 Å². The van der Waals surface area contributed by atoms with Crippen molar-refractivity contribution >= 4 is 47.1 Å². The third-order valence-electron chi connectivity index (χ3n) is 6.07. The van der Waals surface area contributed by atoms with E-state index < -0.39 is 11.8 Å². The maximum absolute atomic E-state index is 13.6. The van der Waals surface area contributed by atoms with Crippen LogP contribution in [0.2, 0.25) is 5.02 Å². The average Bonchev–Trinajstić information content (AvgIpc) is 2.94. The standard InChI is InChI=1S/C28H30ClFN6O3/c1-4-39-25(37)11-8-19-6-5-7-20(16-19)22-18-31-27(32-21-9-10-24(30)23(29)17-21)33-26(22)35-12-14-36(15-13-35)28(38)34(2)3/h5-11,16-18H,4,12-15H2,1-3H3,(H,31,32,33)/b11-8+. The maximum Gasteiger partial charge on any atom is 0.330 e. The van der Waals surface area contributed by atoms with Crippen molar-refractivity contribution in [3.63, 3.8) is 0 Å². The van der Waals surface area contributed by atoms with Crippen LogP contribution in [0.4, 0.5) is 26.6 Å². The summed E-state index contributed by atoms with van der Waals surface area (Å²) in [6.07, 6.45) is 4.81. The molecule has 0 spiro atoms. The molecule has 2 heterocycles. The molecule has 39 heavy (non-hydrogen) atoms. The molecule has 1 saturated heterocycles. The molecule has 0 unspecified atom stereocenters. The van der Waals surface area contributed by atoms with Gasteiger partial charge in [-0.05, 0) is 48.4 Å². The first-order chi connectivity index (χ1) is 18.7. The second-order valence-electron chi connectivity index (χ2n) is 9.05. The predicted molar refractivity (Wildman–Crippen MR) is 151 cm³/mol. The van der Waals surface area contributed by atoms with E-state index in [2.05, 4.69) is 15.2 Å². The lowest BCUT2D eigenvalue weighted by atomic mass is 10.0. The zero-order valence-corrected chi connectivity index (χ0v) is 22.8. The van der Waals surface area contributed by atoms with E-state index in [-0.39, 0.29) is 11.1 Å². The molecule has 1 aliphatic rings. The molecule has 204 valence electrons. The van der Waals surface area contributed by atoms with Crippen molar-refractivity contribution in [1.29, 1.82) is 0 Å². The summed E-state index contributed by atoms with van der Waals surface area (Å²) in [6.45, 7) is 4.30. The van der Waals surface area contributed by atoms with Crippen molar-refractivity contribution in [3.05, 3.63) is 71.1 Å². The number of nitrogens with zero attached hydrogens (tertiary/aromatic N) is 5. The first-order valence-electron chi connectivity index (χ1n) is 12.5. The number of hydrogen-bond acceptors (Lipinski definition) is 7. The molecule has 1 fully saturated rings. The molecule has 3 aromatic rings. The maximum atomic E-state index is 13.6. The lowest BCUT2D eigenvalue weighted by Crippen LogP contribution is -2.51. The van der Waals surface area contributed by atoms with Gasteiger partial charge < -0.3 is 24.8 Å². The van der Waals surface area contributed by atoms with Crippen molar-refractivity contribution in [2.45, 2.75) is 6.92 Å². The Labute approximate surface area is 231 Å². The number of amides is 2. The molecule has 11 heteroatoms. The van der Waals surface area contributed by atoms with Gasteiger partial charge in [-0.3, -0.25) is 0 Å². The average molecular weight is 553 g/mol. The second-order valence-corrected chi connectivity index (χ2v) is 9.45. The topological polar surface area (TPSA) is 90.9 Å². The van der Waals surface area contributed by atoms with Crippen molar-refractivity contribution in [2.24, 2.45) is 0 Å². The molecule has 0 radical (unpaired) electrons. The number of benzene rings is 2. The minimum absolute atomic E-state index is 0.00814. The highest BCUT2D eigenvalue weighted by Crippen LogP contribution is 2.32. The zero-order valence-electron chi connectivity index (χ0n) is 22.0. The number of carbonyl (C=O) groups excluding carboxylic acids is 2. The van der Waals surface area contributed by atoms with Crippen LogP contribution in [0.3, 0.4) is 0 Å². The Balaban J connectivity index is 1.66. The molecule has 2 amide bonds. The summed E-state index contributed by atoms with van der Waals surface area (Å²) in [5.74, 6) is 0.0837. The number of aromatic nitrogens is 2. The van der Waals surface area contributed by atoms with Crippen LogP contribution in [0.25, 0.3) is 17.2 Å². The third kappa shape index (κ3) is 7.02. The van der Waals surface area contributed by atoms with Gasteiger partial charge in [-0.2, -0.15) is 4.98 Å². The molecular formula is C28H30ClFN6O3. The van der Waals surface area contributed by atoms with Crippen LogP contribution in [0.5, 0.6) is 0 Å². The van der Waals surface area contributed by atoms with E-state index in [1.165, 1.54) is 18.2 Å². The number of halogens is 2. The van der Waals surface area contributed by atoms with E-state index >= 15 is 0 Å². The summed E-state index contributed by atoms with van der Waals surface area (Å²) in [7, 11) is 3.47. The highest BCUT2D eigenvalue weighted by atomic mass is 35.5. The Morgan fingerprint density at radius 3 is 2.62 bits per heavy atom. The number of piperazine rings is 1. The molecule has 1 aromatic heterocycles. The largest absolute Gasteiger partial charge is 0.463 e. The van der Waals surface area contributed by atoms with Gasteiger partial charge in [0.25, 0.3) is 0 Å². The normalized spacial score (nSPS) is 13.5. The number of rotatable bonds is 7. The third-order valence-corrected chi connectivity index (χ3v) is 6.36. The van der Waals surface area contributed by atoms with Crippen molar-refractivity contribution < 1.29 is 18.7 Å². The SMILES string of the molecule is CCOC(=O)/C=C/c1cccc(-c2cnc(Nc3ccc(F)c(Cl)c3)nc2N2CCN(C(=O)N(C)C)CC2)c1. The van der Waals surface area contributed by atoms with E-state index in [4.69, 9.17) is 21.3 Å².